The van der Waals surface area contributed by atoms with Crippen molar-refractivity contribution in [2.45, 2.75) is 13.2 Å². The molecule has 0 radical (unpaired) electrons. The summed E-state index contributed by atoms with van der Waals surface area (Å²) >= 11 is 3.40. The van der Waals surface area contributed by atoms with E-state index in [9.17, 15) is 4.79 Å². The van der Waals surface area contributed by atoms with Gasteiger partial charge in [-0.2, -0.15) is 0 Å². The van der Waals surface area contributed by atoms with Crippen LogP contribution in [0.5, 0.6) is 5.75 Å². The second-order valence-electron chi connectivity index (χ2n) is 8.08. The number of carbonyl (C=O) groups is 1. The molecule has 0 saturated heterocycles. The monoisotopic (exact) mass is 523 g/mol. The van der Waals surface area contributed by atoms with Crippen molar-refractivity contribution in [3.63, 3.8) is 0 Å². The van der Waals surface area contributed by atoms with E-state index in [0.29, 0.717) is 17.9 Å². The quantitative estimate of drug-likeness (QED) is 0.167. The highest BCUT2D eigenvalue weighted by Crippen LogP contribution is 2.30. The summed E-state index contributed by atoms with van der Waals surface area (Å²) in [7, 11) is 0. The molecule has 35 heavy (non-hydrogen) atoms. The van der Waals surface area contributed by atoms with Gasteiger partial charge in [-0.25, -0.2) is 4.68 Å². The molecule has 172 valence electrons. The first-order valence-corrected chi connectivity index (χ1v) is 12.0. The summed E-state index contributed by atoms with van der Waals surface area (Å²) in [6, 6.07) is 29.4. The van der Waals surface area contributed by atoms with Crippen molar-refractivity contribution in [3.8, 4) is 5.75 Å². The van der Waals surface area contributed by atoms with Gasteiger partial charge in [-0.1, -0.05) is 81.8 Å². The summed E-state index contributed by atoms with van der Waals surface area (Å²) in [5, 5.41) is 10.6. The first kappa shape index (κ1) is 22.7. The van der Waals surface area contributed by atoms with Crippen LogP contribution in [0.4, 0.5) is 0 Å². The summed E-state index contributed by atoms with van der Waals surface area (Å²) in [6.07, 6.45) is 5.31. The highest BCUT2D eigenvalue weighted by atomic mass is 79.9. The Balaban J connectivity index is 1.37. The summed E-state index contributed by atoms with van der Waals surface area (Å²) in [4.78, 5) is 12.7. The molecule has 5 rings (SSSR count). The van der Waals surface area contributed by atoms with E-state index in [1.165, 1.54) is 0 Å². The van der Waals surface area contributed by atoms with Crippen LogP contribution in [0.1, 0.15) is 27.2 Å². The number of fused-ring (bicyclic) bond motifs is 1. The standard InChI is InChI=1S/C29H22BrN3O2/c30-24-13-10-23(11-14-24)28(34)16-15-27-26-9-5-4-8-22(26)12-17-29(27)35-20-25-19-33(32-31-25)18-21-6-2-1-3-7-21/h1-17,19H,18,20H2/b16-15+. The third-order valence-corrected chi connectivity index (χ3v) is 6.14. The van der Waals surface area contributed by atoms with Crippen LogP contribution < -0.4 is 4.74 Å². The predicted octanol–water partition coefficient (Wildman–Crippen LogP) is 6.72. The van der Waals surface area contributed by atoms with E-state index >= 15 is 0 Å². The van der Waals surface area contributed by atoms with Gasteiger partial charge in [-0.15, -0.1) is 5.10 Å². The van der Waals surface area contributed by atoms with Gasteiger partial charge in [-0.05, 0) is 58.8 Å². The summed E-state index contributed by atoms with van der Waals surface area (Å²) in [6.45, 7) is 0.921. The number of nitrogens with zero attached hydrogens (tertiary/aromatic N) is 3. The van der Waals surface area contributed by atoms with Crippen molar-refractivity contribution in [1.29, 1.82) is 0 Å². The fraction of sp³-hybridized carbons (Fsp3) is 0.0690. The van der Waals surface area contributed by atoms with E-state index in [-0.39, 0.29) is 12.4 Å². The lowest BCUT2D eigenvalue weighted by Gasteiger charge is -2.11. The van der Waals surface area contributed by atoms with Crippen molar-refractivity contribution in [3.05, 3.63) is 130 Å². The van der Waals surface area contributed by atoms with Crippen LogP contribution in [0.2, 0.25) is 0 Å². The number of allylic oxidation sites excluding steroid dienone is 1. The maximum atomic E-state index is 12.7. The van der Waals surface area contributed by atoms with Crippen molar-refractivity contribution in [2.24, 2.45) is 0 Å². The SMILES string of the molecule is O=C(/C=C/c1c(OCc2cn(Cc3ccccc3)nn2)ccc2ccccc12)c1ccc(Br)cc1. The number of hydrogen-bond acceptors (Lipinski definition) is 4. The van der Waals surface area contributed by atoms with E-state index in [2.05, 4.69) is 38.4 Å². The molecule has 0 bridgehead atoms. The molecule has 5 nitrogen and oxygen atoms in total. The minimum absolute atomic E-state index is 0.0692. The maximum Gasteiger partial charge on any atom is 0.185 e. The van der Waals surface area contributed by atoms with Gasteiger partial charge in [0, 0.05) is 15.6 Å². The van der Waals surface area contributed by atoms with Crippen molar-refractivity contribution >= 4 is 38.6 Å². The van der Waals surface area contributed by atoms with Gasteiger partial charge in [0.05, 0.1) is 12.7 Å². The zero-order valence-corrected chi connectivity index (χ0v) is 20.4. The van der Waals surface area contributed by atoms with E-state index in [0.717, 1.165) is 32.1 Å². The Morgan fingerprint density at radius 1 is 0.914 bits per heavy atom. The molecule has 0 saturated carbocycles. The molecule has 0 spiro atoms. The molecule has 4 aromatic carbocycles. The molecule has 0 aliphatic rings. The number of aromatic nitrogens is 3. The molecule has 0 aliphatic carbocycles. The second-order valence-corrected chi connectivity index (χ2v) is 9.00. The van der Waals surface area contributed by atoms with Crippen LogP contribution in [-0.2, 0) is 13.2 Å². The Labute approximate surface area is 211 Å². The first-order chi connectivity index (χ1) is 17.2. The third kappa shape index (κ3) is 5.55. The minimum atomic E-state index is -0.0692. The highest BCUT2D eigenvalue weighted by Gasteiger charge is 2.10. The van der Waals surface area contributed by atoms with Crippen molar-refractivity contribution < 1.29 is 9.53 Å². The summed E-state index contributed by atoms with van der Waals surface area (Å²) in [5.41, 5.74) is 3.37. The number of halogens is 1. The van der Waals surface area contributed by atoms with E-state index in [1.807, 2.05) is 79.0 Å². The first-order valence-electron chi connectivity index (χ1n) is 11.2. The highest BCUT2D eigenvalue weighted by molar-refractivity contribution is 9.10. The lowest BCUT2D eigenvalue weighted by Crippen LogP contribution is -2.00. The van der Waals surface area contributed by atoms with Gasteiger partial charge in [0.25, 0.3) is 0 Å². The fourth-order valence-corrected chi connectivity index (χ4v) is 4.11. The van der Waals surface area contributed by atoms with Crippen LogP contribution in [0.25, 0.3) is 16.8 Å². The number of rotatable bonds is 8. The van der Waals surface area contributed by atoms with Crippen LogP contribution in [0.3, 0.4) is 0 Å². The molecule has 0 N–H and O–H groups in total. The predicted molar refractivity (Wildman–Crippen MR) is 141 cm³/mol. The Bertz CT molecular complexity index is 1490. The van der Waals surface area contributed by atoms with E-state index in [1.54, 1.807) is 22.9 Å². The topological polar surface area (TPSA) is 57.0 Å². The molecule has 1 heterocycles. The van der Waals surface area contributed by atoms with Gasteiger partial charge in [0.1, 0.15) is 18.1 Å². The Hall–Kier alpha value is -4.03. The smallest absolute Gasteiger partial charge is 0.185 e. The zero-order chi connectivity index (χ0) is 24.0. The lowest BCUT2D eigenvalue weighted by atomic mass is 10.0. The van der Waals surface area contributed by atoms with Crippen LogP contribution in [0.15, 0.2) is 108 Å². The molecule has 5 aromatic rings. The normalized spacial score (nSPS) is 11.2. The molecule has 0 atom stereocenters. The summed E-state index contributed by atoms with van der Waals surface area (Å²) < 4.78 is 8.90. The van der Waals surface area contributed by atoms with E-state index < -0.39 is 0 Å². The van der Waals surface area contributed by atoms with Crippen LogP contribution in [0, 0.1) is 0 Å². The van der Waals surface area contributed by atoms with Gasteiger partial charge in [0.15, 0.2) is 5.78 Å². The Kier molecular flexibility index (Phi) is 6.82. The fourth-order valence-electron chi connectivity index (χ4n) is 3.85. The van der Waals surface area contributed by atoms with Crippen LogP contribution >= 0.6 is 15.9 Å². The third-order valence-electron chi connectivity index (χ3n) is 5.61. The number of benzene rings is 4. The lowest BCUT2D eigenvalue weighted by molar-refractivity contribution is 0.104. The van der Waals surface area contributed by atoms with Gasteiger partial charge in [0.2, 0.25) is 0 Å². The number of hydrogen-bond donors (Lipinski definition) is 0. The molecule has 0 fully saturated rings. The number of carbonyl (C=O) groups excluding carboxylic acids is 1. The maximum absolute atomic E-state index is 12.7. The van der Waals surface area contributed by atoms with Crippen molar-refractivity contribution in [2.75, 3.05) is 0 Å². The Morgan fingerprint density at radius 3 is 2.51 bits per heavy atom. The minimum Gasteiger partial charge on any atom is -0.487 e. The molecule has 0 unspecified atom stereocenters. The van der Waals surface area contributed by atoms with Gasteiger partial charge < -0.3 is 4.74 Å². The average molecular weight is 524 g/mol. The molecular weight excluding hydrogens is 502 g/mol. The van der Waals surface area contributed by atoms with E-state index in [4.69, 9.17) is 4.74 Å². The van der Waals surface area contributed by atoms with Gasteiger partial charge in [-0.3, -0.25) is 4.79 Å². The Morgan fingerprint density at radius 2 is 1.69 bits per heavy atom. The number of ether oxygens (including phenoxy) is 1. The molecule has 6 heteroatoms. The largest absolute Gasteiger partial charge is 0.487 e. The molecule has 1 aromatic heterocycles. The van der Waals surface area contributed by atoms with Crippen molar-refractivity contribution in [1.82, 2.24) is 15.0 Å². The second kappa shape index (κ2) is 10.5. The zero-order valence-electron chi connectivity index (χ0n) is 18.8. The summed E-state index contributed by atoms with van der Waals surface area (Å²) in [5.74, 6) is 0.612. The number of ketones is 1. The van der Waals surface area contributed by atoms with Crippen LogP contribution in [-0.4, -0.2) is 20.8 Å². The molecule has 0 aliphatic heterocycles. The molecular formula is C29H22BrN3O2. The van der Waals surface area contributed by atoms with Gasteiger partial charge >= 0.3 is 0 Å². The molecule has 0 amide bonds. The average Bonchev–Trinajstić information content (AvgIpc) is 3.34.